The lowest BCUT2D eigenvalue weighted by atomic mass is 9.94. The van der Waals surface area contributed by atoms with Gasteiger partial charge in [-0.1, -0.05) is 0 Å². The molecule has 2 aromatic carbocycles. The molecule has 0 saturated carbocycles. The van der Waals surface area contributed by atoms with Gasteiger partial charge in [0.1, 0.15) is 23.4 Å². The molecule has 1 amide bonds. The fraction of sp³-hybridized carbons (Fsp3) is 0.231. The molecule has 2 aliphatic rings. The number of benzene rings is 2. The Morgan fingerprint density at radius 1 is 1.23 bits per heavy atom. The highest BCUT2D eigenvalue weighted by atomic mass is 79.9. The van der Waals surface area contributed by atoms with E-state index in [1.165, 1.54) is 24.3 Å². The van der Waals surface area contributed by atoms with Crippen molar-refractivity contribution < 1.29 is 33.7 Å². The van der Waals surface area contributed by atoms with E-state index >= 15 is 0 Å². The van der Waals surface area contributed by atoms with Gasteiger partial charge >= 0.3 is 0 Å². The quantitative estimate of drug-likeness (QED) is 0.274. The monoisotopic (exact) mass is 539 g/mol. The van der Waals surface area contributed by atoms with Gasteiger partial charge in [-0.25, -0.2) is 0 Å². The van der Waals surface area contributed by atoms with E-state index < -0.39 is 17.7 Å². The van der Waals surface area contributed by atoms with Gasteiger partial charge in [0.2, 0.25) is 0 Å². The number of ketones is 1. The van der Waals surface area contributed by atoms with Gasteiger partial charge in [0.05, 0.1) is 36.0 Å². The Hall–Kier alpha value is -3.72. The number of ether oxygens (including phenoxy) is 2. The third-order valence-electron chi connectivity index (χ3n) is 6.20. The molecular formula is C26H22BrNO7. The van der Waals surface area contributed by atoms with Gasteiger partial charge in [0.15, 0.2) is 11.5 Å². The van der Waals surface area contributed by atoms with Crippen LogP contribution in [0.4, 0.5) is 0 Å². The van der Waals surface area contributed by atoms with Gasteiger partial charge in [0.25, 0.3) is 11.7 Å². The molecule has 180 valence electrons. The summed E-state index contributed by atoms with van der Waals surface area (Å²) >= 11 is 3.31. The zero-order valence-electron chi connectivity index (χ0n) is 18.9. The van der Waals surface area contributed by atoms with E-state index in [2.05, 4.69) is 15.9 Å². The third kappa shape index (κ3) is 3.95. The first-order valence-electron chi connectivity index (χ1n) is 11.0. The Balaban J connectivity index is 1.68. The Kier molecular flexibility index (Phi) is 5.80. The van der Waals surface area contributed by atoms with E-state index in [1.807, 2.05) is 6.92 Å². The number of methoxy groups -OCH3 is 1. The highest BCUT2D eigenvalue weighted by Crippen LogP contribution is 2.45. The van der Waals surface area contributed by atoms with Crippen molar-refractivity contribution in [3.05, 3.63) is 81.2 Å². The van der Waals surface area contributed by atoms with E-state index in [0.717, 1.165) is 11.3 Å². The van der Waals surface area contributed by atoms with Crippen LogP contribution in [0.5, 0.6) is 17.2 Å². The molecule has 1 aromatic heterocycles. The van der Waals surface area contributed by atoms with Crippen molar-refractivity contribution in [2.24, 2.45) is 0 Å². The first-order chi connectivity index (χ1) is 16.8. The molecule has 9 heteroatoms. The minimum atomic E-state index is -0.950. The van der Waals surface area contributed by atoms with Gasteiger partial charge in [0, 0.05) is 12.0 Å². The zero-order valence-corrected chi connectivity index (χ0v) is 20.5. The largest absolute Gasteiger partial charge is 0.507 e. The third-order valence-corrected chi connectivity index (χ3v) is 6.81. The molecule has 2 unspecified atom stereocenters. The van der Waals surface area contributed by atoms with Crippen LogP contribution >= 0.6 is 15.9 Å². The van der Waals surface area contributed by atoms with Crippen molar-refractivity contribution in [1.82, 2.24) is 4.90 Å². The topological polar surface area (TPSA) is 109 Å². The van der Waals surface area contributed by atoms with Crippen molar-refractivity contribution in [3.8, 4) is 17.2 Å². The number of amides is 1. The van der Waals surface area contributed by atoms with Crippen LogP contribution in [0.25, 0.3) is 5.76 Å². The summed E-state index contributed by atoms with van der Waals surface area (Å²) in [5.41, 5.74) is 1.73. The summed E-state index contributed by atoms with van der Waals surface area (Å²) in [7, 11) is 1.40. The maximum absolute atomic E-state index is 13.3. The summed E-state index contributed by atoms with van der Waals surface area (Å²) in [6.07, 6.45) is 2.17. The van der Waals surface area contributed by atoms with Crippen LogP contribution in [0, 0.1) is 0 Å². The lowest BCUT2D eigenvalue weighted by molar-refractivity contribution is -0.140. The summed E-state index contributed by atoms with van der Waals surface area (Å²) in [6, 6.07) is 10.8. The number of hydrogen-bond acceptors (Lipinski definition) is 7. The van der Waals surface area contributed by atoms with Crippen LogP contribution < -0.4 is 9.47 Å². The van der Waals surface area contributed by atoms with Crippen LogP contribution in [-0.4, -0.2) is 40.0 Å². The Bertz CT molecular complexity index is 1360. The van der Waals surface area contributed by atoms with Crippen molar-refractivity contribution in [2.75, 3.05) is 7.11 Å². The van der Waals surface area contributed by atoms with Gasteiger partial charge in [-0.15, -0.1) is 0 Å². The molecule has 3 aromatic rings. The van der Waals surface area contributed by atoms with Gasteiger partial charge in [-0.3, -0.25) is 9.59 Å². The molecule has 2 N–H and O–H groups in total. The van der Waals surface area contributed by atoms with Crippen molar-refractivity contribution in [3.63, 3.8) is 0 Å². The predicted octanol–water partition coefficient (Wildman–Crippen LogP) is 4.70. The summed E-state index contributed by atoms with van der Waals surface area (Å²) < 4.78 is 16.8. The number of carbonyl (C=O) groups is 2. The summed E-state index contributed by atoms with van der Waals surface area (Å²) in [4.78, 5) is 27.8. The fourth-order valence-corrected chi connectivity index (χ4v) is 5.05. The average Bonchev–Trinajstić information content (AvgIpc) is 3.54. The number of fused-ring (bicyclic) bond motifs is 1. The first-order valence-corrected chi connectivity index (χ1v) is 11.7. The number of hydrogen-bond donors (Lipinski definition) is 2. The molecule has 2 aliphatic heterocycles. The molecule has 2 atom stereocenters. The number of halogens is 1. The Morgan fingerprint density at radius 2 is 2.03 bits per heavy atom. The number of carbonyl (C=O) groups excluding carboxylic acids is 2. The highest BCUT2D eigenvalue weighted by molar-refractivity contribution is 9.10. The lowest BCUT2D eigenvalue weighted by Gasteiger charge is -2.25. The summed E-state index contributed by atoms with van der Waals surface area (Å²) in [5.74, 6) is -0.627. The van der Waals surface area contributed by atoms with E-state index in [1.54, 1.807) is 36.4 Å². The first kappa shape index (κ1) is 23.0. The molecule has 0 aliphatic carbocycles. The van der Waals surface area contributed by atoms with Crippen molar-refractivity contribution in [1.29, 1.82) is 0 Å². The number of likely N-dealkylation sites (tertiary alicyclic amines) is 1. The van der Waals surface area contributed by atoms with Crippen LogP contribution in [-0.2, 0) is 22.6 Å². The van der Waals surface area contributed by atoms with Crippen molar-refractivity contribution >= 4 is 33.4 Å². The Morgan fingerprint density at radius 3 is 2.74 bits per heavy atom. The number of rotatable bonds is 5. The van der Waals surface area contributed by atoms with Crippen LogP contribution in [0.3, 0.4) is 0 Å². The molecule has 0 spiro atoms. The normalized spacial score (nSPS) is 20.7. The fourth-order valence-electron chi connectivity index (χ4n) is 4.59. The number of phenolic OH excluding ortho intramolecular Hbond substituents is 1. The van der Waals surface area contributed by atoms with Crippen LogP contribution in [0.2, 0.25) is 0 Å². The van der Waals surface area contributed by atoms with E-state index in [4.69, 9.17) is 13.9 Å². The molecular weight excluding hydrogens is 518 g/mol. The number of Topliss-reactive ketones (excluding diaryl/α,β-unsaturated/α-hetero) is 1. The predicted molar refractivity (Wildman–Crippen MR) is 129 cm³/mol. The second-order valence-electron chi connectivity index (χ2n) is 8.52. The van der Waals surface area contributed by atoms with Gasteiger partial charge in [-0.2, -0.15) is 0 Å². The van der Waals surface area contributed by atoms with Crippen LogP contribution in [0.1, 0.15) is 35.4 Å². The molecule has 1 saturated heterocycles. The van der Waals surface area contributed by atoms with Gasteiger partial charge in [-0.05, 0) is 76.4 Å². The number of aliphatic hydroxyl groups excluding tert-OH is 1. The zero-order chi connectivity index (χ0) is 24.9. The second-order valence-corrected chi connectivity index (χ2v) is 9.37. The van der Waals surface area contributed by atoms with E-state index in [0.29, 0.717) is 27.8 Å². The molecule has 8 nitrogen and oxygen atoms in total. The molecule has 1 fully saturated rings. The summed E-state index contributed by atoms with van der Waals surface area (Å²) in [5, 5.41) is 21.7. The van der Waals surface area contributed by atoms with Gasteiger partial charge < -0.3 is 29.0 Å². The SMILES string of the molecule is COc1cc(C2C(=C(O)c3ccc4c(c3)CC(C)O4)C(=O)C(=O)N2Cc2ccco2)cc(Br)c1O. The number of aromatic hydroxyl groups is 1. The maximum Gasteiger partial charge on any atom is 0.296 e. The highest BCUT2D eigenvalue weighted by Gasteiger charge is 2.47. The minimum Gasteiger partial charge on any atom is -0.507 e. The second kappa shape index (κ2) is 8.81. The number of phenols is 1. The summed E-state index contributed by atoms with van der Waals surface area (Å²) in [6.45, 7) is 1.96. The lowest BCUT2D eigenvalue weighted by Crippen LogP contribution is -2.29. The number of nitrogens with zero attached hydrogens (tertiary/aromatic N) is 1. The molecule has 3 heterocycles. The standard InChI is InChI=1S/C26H22BrNO7/c1-13-8-15-9-14(5-6-19(15)35-13)23(29)21-22(16-10-18(27)24(30)20(11-16)33-2)28(26(32)25(21)31)12-17-4-3-7-34-17/h3-7,9-11,13,22,29-30H,8,12H2,1-2H3. The Labute approximate surface area is 209 Å². The minimum absolute atomic E-state index is 0.00930. The van der Waals surface area contributed by atoms with E-state index in [-0.39, 0.29) is 35.5 Å². The van der Waals surface area contributed by atoms with Crippen molar-refractivity contribution in [2.45, 2.75) is 32.0 Å². The molecule has 5 rings (SSSR count). The average molecular weight is 540 g/mol. The molecule has 0 radical (unpaired) electrons. The van der Waals surface area contributed by atoms with Crippen LogP contribution in [0.15, 0.2) is 63.2 Å². The smallest absolute Gasteiger partial charge is 0.296 e. The maximum atomic E-state index is 13.3. The van der Waals surface area contributed by atoms with E-state index in [9.17, 15) is 19.8 Å². The molecule has 0 bridgehead atoms. The number of furan rings is 1. The number of aliphatic hydroxyl groups is 1. The molecule has 35 heavy (non-hydrogen) atoms.